The molecule has 1 atom stereocenters. The predicted molar refractivity (Wildman–Crippen MR) is 138 cm³/mol. The molecule has 1 unspecified atom stereocenters. The van der Waals surface area contributed by atoms with Gasteiger partial charge >= 0.3 is 0 Å². The van der Waals surface area contributed by atoms with E-state index in [4.69, 9.17) is 9.47 Å². The topological polar surface area (TPSA) is 109 Å². The molecule has 9 nitrogen and oxygen atoms in total. The Balaban J connectivity index is 1.50. The Morgan fingerprint density at radius 1 is 0.972 bits per heavy atom. The van der Waals surface area contributed by atoms with E-state index in [1.807, 2.05) is 44.2 Å². The van der Waals surface area contributed by atoms with Crippen molar-refractivity contribution < 1.29 is 23.9 Å². The number of ether oxygens (including phenoxy) is 2. The van der Waals surface area contributed by atoms with Crippen LogP contribution in [0.25, 0.3) is 0 Å². The highest BCUT2D eigenvalue weighted by atomic mass is 16.5. The molecule has 1 aliphatic heterocycles. The smallest absolute Gasteiger partial charge is 0.252 e. The Labute approximate surface area is 212 Å². The predicted octanol–water partition coefficient (Wildman–Crippen LogP) is 2.68. The first-order valence-electron chi connectivity index (χ1n) is 12.2. The molecule has 3 amide bonds. The van der Waals surface area contributed by atoms with Crippen LogP contribution in [0.15, 0.2) is 48.5 Å². The molecule has 9 heteroatoms. The lowest BCUT2D eigenvalue weighted by molar-refractivity contribution is -0.125. The summed E-state index contributed by atoms with van der Waals surface area (Å²) in [6, 6.07) is 13.6. The van der Waals surface area contributed by atoms with Gasteiger partial charge in [0.05, 0.1) is 20.8 Å². The fourth-order valence-electron chi connectivity index (χ4n) is 4.15. The number of benzene rings is 2. The molecular formula is C27H36N4O5. The number of likely N-dealkylation sites (tertiary alicyclic amines) is 1. The van der Waals surface area contributed by atoms with Crippen LogP contribution in [-0.4, -0.2) is 68.6 Å². The fourth-order valence-corrected chi connectivity index (χ4v) is 4.15. The Bertz CT molecular complexity index is 1010. The minimum atomic E-state index is -0.690. The van der Waals surface area contributed by atoms with Crippen molar-refractivity contribution in [3.63, 3.8) is 0 Å². The van der Waals surface area contributed by atoms with Crippen molar-refractivity contribution in [1.82, 2.24) is 15.5 Å². The number of nitrogens with zero attached hydrogens (tertiary/aromatic N) is 1. The minimum absolute atomic E-state index is 0.0130. The molecule has 0 bridgehead atoms. The van der Waals surface area contributed by atoms with Crippen LogP contribution in [-0.2, 0) is 9.59 Å². The van der Waals surface area contributed by atoms with E-state index in [2.05, 4.69) is 20.9 Å². The number of piperidine rings is 1. The van der Waals surface area contributed by atoms with E-state index >= 15 is 0 Å². The Hall–Kier alpha value is -3.59. The molecule has 2 aromatic carbocycles. The number of carbonyl (C=O) groups is 3. The number of para-hydroxylation sites is 1. The summed E-state index contributed by atoms with van der Waals surface area (Å²) in [5.74, 6) is 0.237. The van der Waals surface area contributed by atoms with Crippen molar-refractivity contribution in [2.24, 2.45) is 5.92 Å². The third-order valence-corrected chi connectivity index (χ3v) is 6.21. The number of methoxy groups -OCH3 is 2. The van der Waals surface area contributed by atoms with Crippen molar-refractivity contribution in [1.29, 1.82) is 0 Å². The van der Waals surface area contributed by atoms with Gasteiger partial charge in [-0.3, -0.25) is 19.3 Å². The quantitative estimate of drug-likeness (QED) is 0.467. The van der Waals surface area contributed by atoms with Crippen LogP contribution >= 0.6 is 0 Å². The number of amides is 3. The summed E-state index contributed by atoms with van der Waals surface area (Å²) in [7, 11) is 3.03. The van der Waals surface area contributed by atoms with Crippen LogP contribution in [0.3, 0.4) is 0 Å². The lowest BCUT2D eigenvalue weighted by atomic mass is 10.00. The average Bonchev–Trinajstić information content (AvgIpc) is 2.88. The van der Waals surface area contributed by atoms with Crippen LogP contribution in [0.2, 0.25) is 0 Å². The minimum Gasteiger partial charge on any atom is -0.497 e. The maximum absolute atomic E-state index is 13.1. The molecule has 0 spiro atoms. The van der Waals surface area contributed by atoms with Gasteiger partial charge in [0.1, 0.15) is 17.5 Å². The number of anilines is 1. The highest BCUT2D eigenvalue weighted by Crippen LogP contribution is 2.23. The number of nitrogens with one attached hydrogen (secondary N) is 3. The van der Waals surface area contributed by atoms with Crippen molar-refractivity contribution in [2.75, 3.05) is 39.2 Å². The lowest BCUT2D eigenvalue weighted by Gasteiger charge is -2.33. The van der Waals surface area contributed by atoms with Gasteiger partial charge in [-0.2, -0.15) is 0 Å². The maximum Gasteiger partial charge on any atom is 0.252 e. The van der Waals surface area contributed by atoms with E-state index in [9.17, 15) is 14.4 Å². The maximum atomic E-state index is 13.1. The van der Waals surface area contributed by atoms with Crippen LogP contribution in [0, 0.1) is 5.92 Å². The van der Waals surface area contributed by atoms with Gasteiger partial charge in [-0.25, -0.2) is 0 Å². The molecular weight excluding hydrogens is 460 g/mol. The molecule has 0 saturated carbocycles. The first-order valence-corrected chi connectivity index (χ1v) is 12.2. The monoisotopic (exact) mass is 496 g/mol. The summed E-state index contributed by atoms with van der Waals surface area (Å²) < 4.78 is 10.5. The number of hydrogen-bond acceptors (Lipinski definition) is 6. The molecule has 3 rings (SSSR count). The van der Waals surface area contributed by atoms with Gasteiger partial charge in [-0.05, 0) is 43.0 Å². The highest BCUT2D eigenvalue weighted by molar-refractivity contribution is 5.98. The summed E-state index contributed by atoms with van der Waals surface area (Å²) in [6.45, 7) is 5.50. The highest BCUT2D eigenvalue weighted by Gasteiger charge is 2.29. The summed E-state index contributed by atoms with van der Waals surface area (Å²) in [5, 5.41) is 8.84. The molecule has 0 aliphatic carbocycles. The third-order valence-electron chi connectivity index (χ3n) is 6.21. The molecule has 36 heavy (non-hydrogen) atoms. The zero-order chi connectivity index (χ0) is 26.1. The zero-order valence-corrected chi connectivity index (χ0v) is 21.4. The zero-order valence-electron chi connectivity index (χ0n) is 21.4. The molecule has 1 saturated heterocycles. The molecule has 1 aliphatic rings. The van der Waals surface area contributed by atoms with Gasteiger partial charge in [0.15, 0.2) is 0 Å². The SMILES string of the molecule is COc1cc(OC)cc(C(=O)NC(C(=O)NC2CCN(CC(=O)Nc3ccccc3)CC2)C(C)C)c1. The van der Waals surface area contributed by atoms with Gasteiger partial charge in [0.2, 0.25) is 11.8 Å². The van der Waals surface area contributed by atoms with Gasteiger partial charge in [0.25, 0.3) is 5.91 Å². The largest absolute Gasteiger partial charge is 0.497 e. The van der Waals surface area contributed by atoms with Gasteiger partial charge in [0, 0.05) is 36.4 Å². The van der Waals surface area contributed by atoms with Crippen LogP contribution in [0.4, 0.5) is 5.69 Å². The molecule has 3 N–H and O–H groups in total. The third kappa shape index (κ3) is 7.71. The van der Waals surface area contributed by atoms with E-state index in [-0.39, 0.29) is 29.7 Å². The first-order chi connectivity index (χ1) is 17.3. The molecule has 0 radical (unpaired) electrons. The van der Waals surface area contributed by atoms with Crippen LogP contribution in [0.1, 0.15) is 37.0 Å². The van der Waals surface area contributed by atoms with E-state index in [0.717, 1.165) is 18.5 Å². The summed E-state index contributed by atoms with van der Waals surface area (Å²) in [5.41, 5.74) is 1.13. The van der Waals surface area contributed by atoms with Crippen molar-refractivity contribution in [3.8, 4) is 11.5 Å². The van der Waals surface area contributed by atoms with E-state index in [1.165, 1.54) is 14.2 Å². The molecule has 2 aromatic rings. The Kier molecular flexibility index (Phi) is 9.69. The summed E-state index contributed by atoms with van der Waals surface area (Å²) in [4.78, 5) is 40.4. The Morgan fingerprint density at radius 3 is 2.14 bits per heavy atom. The normalized spacial score (nSPS) is 15.1. The number of hydrogen-bond donors (Lipinski definition) is 3. The standard InChI is InChI=1S/C27H36N4O5/c1-18(2)25(30-26(33)19-14-22(35-3)16-23(15-19)36-4)27(34)29-21-10-12-31(13-11-21)17-24(32)28-20-8-6-5-7-9-20/h5-9,14-16,18,21,25H,10-13,17H2,1-4H3,(H,28,32)(H,29,34)(H,30,33). The van der Waals surface area contributed by atoms with Crippen molar-refractivity contribution >= 4 is 23.4 Å². The number of rotatable bonds is 10. The number of carbonyl (C=O) groups excluding carboxylic acids is 3. The van der Waals surface area contributed by atoms with E-state index in [1.54, 1.807) is 18.2 Å². The van der Waals surface area contributed by atoms with Crippen LogP contribution < -0.4 is 25.4 Å². The van der Waals surface area contributed by atoms with Crippen molar-refractivity contribution in [3.05, 3.63) is 54.1 Å². The van der Waals surface area contributed by atoms with Crippen molar-refractivity contribution in [2.45, 2.75) is 38.8 Å². The van der Waals surface area contributed by atoms with Gasteiger partial charge in [-0.1, -0.05) is 32.0 Å². The first kappa shape index (κ1) is 27.0. The van der Waals surface area contributed by atoms with E-state index in [0.29, 0.717) is 36.7 Å². The van der Waals surface area contributed by atoms with Gasteiger partial charge in [-0.15, -0.1) is 0 Å². The lowest BCUT2D eigenvalue weighted by Crippen LogP contribution is -2.54. The molecule has 1 heterocycles. The second-order valence-corrected chi connectivity index (χ2v) is 9.27. The van der Waals surface area contributed by atoms with Gasteiger partial charge < -0.3 is 25.4 Å². The Morgan fingerprint density at radius 2 is 1.58 bits per heavy atom. The van der Waals surface area contributed by atoms with Crippen LogP contribution in [0.5, 0.6) is 11.5 Å². The second kappa shape index (κ2) is 12.9. The molecule has 1 fully saturated rings. The van der Waals surface area contributed by atoms with E-state index < -0.39 is 6.04 Å². The molecule has 194 valence electrons. The second-order valence-electron chi connectivity index (χ2n) is 9.27. The summed E-state index contributed by atoms with van der Waals surface area (Å²) in [6.07, 6.45) is 1.46. The average molecular weight is 497 g/mol. The molecule has 0 aromatic heterocycles. The summed E-state index contributed by atoms with van der Waals surface area (Å²) >= 11 is 0. The fraction of sp³-hybridized carbons (Fsp3) is 0.444.